The fourth-order valence-electron chi connectivity index (χ4n) is 3.22. The van der Waals surface area contributed by atoms with Gasteiger partial charge in [0.2, 0.25) is 0 Å². The number of amides is 1. The van der Waals surface area contributed by atoms with Crippen LogP contribution in [0.5, 0.6) is 5.75 Å². The number of pyridine rings is 1. The average Bonchev–Trinajstić information content (AvgIpc) is 3.14. The Morgan fingerprint density at radius 1 is 1.17 bits per heavy atom. The molecule has 6 nitrogen and oxygen atoms in total. The van der Waals surface area contributed by atoms with Crippen molar-refractivity contribution in [3.05, 3.63) is 78.0 Å². The van der Waals surface area contributed by atoms with Crippen molar-refractivity contribution in [2.24, 2.45) is 0 Å². The van der Waals surface area contributed by atoms with Crippen LogP contribution in [0.4, 0.5) is 4.39 Å². The second-order valence-electron chi connectivity index (χ2n) is 6.64. The smallest absolute Gasteiger partial charge is 0.254 e. The summed E-state index contributed by atoms with van der Waals surface area (Å²) in [5, 5.41) is 0. The molecule has 0 aliphatic rings. The van der Waals surface area contributed by atoms with E-state index in [1.807, 2.05) is 24.3 Å². The number of nitrogens with zero attached hydrogens (tertiary/aromatic N) is 3. The first-order chi connectivity index (χ1) is 14.0. The van der Waals surface area contributed by atoms with Gasteiger partial charge in [-0.1, -0.05) is 12.1 Å². The normalized spacial score (nSPS) is 10.9. The SMILES string of the molecule is COc1cccnc1-c1cc(F)cc(C(=O)N(C)Cc2nc3ccccc3[nH]2)c1. The molecule has 0 saturated heterocycles. The van der Waals surface area contributed by atoms with Crippen LogP contribution in [0.15, 0.2) is 60.8 Å². The van der Waals surface area contributed by atoms with Crippen LogP contribution in [-0.2, 0) is 6.54 Å². The number of carbonyl (C=O) groups excluding carboxylic acids is 1. The maximum absolute atomic E-state index is 14.3. The van der Waals surface area contributed by atoms with Gasteiger partial charge >= 0.3 is 0 Å². The van der Waals surface area contributed by atoms with Crippen molar-refractivity contribution >= 4 is 16.9 Å². The lowest BCUT2D eigenvalue weighted by Gasteiger charge is -2.17. The van der Waals surface area contributed by atoms with Crippen LogP contribution in [0, 0.1) is 5.82 Å². The Balaban J connectivity index is 1.61. The minimum absolute atomic E-state index is 0.228. The Morgan fingerprint density at radius 3 is 2.79 bits per heavy atom. The number of hydrogen-bond acceptors (Lipinski definition) is 4. The molecule has 1 amide bonds. The molecule has 0 fully saturated rings. The third kappa shape index (κ3) is 3.80. The summed E-state index contributed by atoms with van der Waals surface area (Å²) in [4.78, 5) is 26.4. The first-order valence-corrected chi connectivity index (χ1v) is 9.04. The summed E-state index contributed by atoms with van der Waals surface area (Å²) >= 11 is 0. The van der Waals surface area contributed by atoms with E-state index in [9.17, 15) is 9.18 Å². The second kappa shape index (κ2) is 7.71. The number of para-hydroxylation sites is 2. The Kier molecular flexibility index (Phi) is 4.95. The topological polar surface area (TPSA) is 71.1 Å². The van der Waals surface area contributed by atoms with Crippen LogP contribution in [-0.4, -0.2) is 39.9 Å². The number of benzene rings is 2. The third-order valence-electron chi connectivity index (χ3n) is 4.58. The van der Waals surface area contributed by atoms with Crippen LogP contribution < -0.4 is 4.74 Å². The molecular formula is C22H19FN4O2. The average molecular weight is 390 g/mol. The van der Waals surface area contributed by atoms with Gasteiger partial charge in [-0.2, -0.15) is 0 Å². The minimum atomic E-state index is -0.518. The van der Waals surface area contributed by atoms with Crippen molar-refractivity contribution in [1.82, 2.24) is 19.9 Å². The Hall–Kier alpha value is -3.74. The van der Waals surface area contributed by atoms with E-state index in [1.54, 1.807) is 31.4 Å². The molecule has 1 N–H and O–H groups in total. The van der Waals surface area contributed by atoms with E-state index in [0.717, 1.165) is 11.0 Å². The Bertz CT molecular complexity index is 1160. The molecule has 7 heteroatoms. The van der Waals surface area contributed by atoms with Crippen LogP contribution in [0.1, 0.15) is 16.2 Å². The first-order valence-electron chi connectivity index (χ1n) is 9.04. The van der Waals surface area contributed by atoms with E-state index < -0.39 is 5.82 Å². The lowest BCUT2D eigenvalue weighted by Crippen LogP contribution is -2.26. The van der Waals surface area contributed by atoms with Crippen molar-refractivity contribution in [3.63, 3.8) is 0 Å². The predicted molar refractivity (Wildman–Crippen MR) is 108 cm³/mol. The number of aromatic amines is 1. The summed E-state index contributed by atoms with van der Waals surface area (Å²) < 4.78 is 19.6. The van der Waals surface area contributed by atoms with E-state index in [4.69, 9.17) is 4.74 Å². The van der Waals surface area contributed by atoms with Crippen molar-refractivity contribution in [2.75, 3.05) is 14.2 Å². The fraction of sp³-hybridized carbons (Fsp3) is 0.136. The van der Waals surface area contributed by atoms with Gasteiger partial charge in [-0.3, -0.25) is 9.78 Å². The van der Waals surface area contributed by atoms with Gasteiger partial charge in [-0.05, 0) is 42.5 Å². The van der Waals surface area contributed by atoms with E-state index >= 15 is 0 Å². The predicted octanol–water partition coefficient (Wildman–Crippen LogP) is 4.04. The fourth-order valence-corrected chi connectivity index (χ4v) is 3.22. The number of ether oxygens (including phenoxy) is 1. The van der Waals surface area contributed by atoms with Gasteiger partial charge in [0.25, 0.3) is 5.91 Å². The van der Waals surface area contributed by atoms with Crippen molar-refractivity contribution in [2.45, 2.75) is 6.54 Å². The van der Waals surface area contributed by atoms with Crippen molar-refractivity contribution in [1.29, 1.82) is 0 Å². The molecule has 0 radical (unpaired) electrons. The molecule has 2 aromatic heterocycles. The first kappa shape index (κ1) is 18.6. The second-order valence-corrected chi connectivity index (χ2v) is 6.64. The molecular weight excluding hydrogens is 371 g/mol. The quantitative estimate of drug-likeness (QED) is 0.558. The van der Waals surface area contributed by atoms with E-state index in [2.05, 4.69) is 15.0 Å². The molecule has 0 aliphatic heterocycles. The van der Waals surface area contributed by atoms with Gasteiger partial charge < -0.3 is 14.6 Å². The molecule has 0 unspecified atom stereocenters. The molecule has 4 aromatic rings. The van der Waals surface area contributed by atoms with Crippen LogP contribution >= 0.6 is 0 Å². The molecule has 2 aromatic carbocycles. The van der Waals surface area contributed by atoms with Crippen molar-refractivity contribution < 1.29 is 13.9 Å². The van der Waals surface area contributed by atoms with E-state index in [0.29, 0.717) is 22.8 Å². The number of imidazole rings is 1. The lowest BCUT2D eigenvalue weighted by molar-refractivity contribution is 0.0781. The largest absolute Gasteiger partial charge is 0.494 e. The Morgan fingerprint density at radius 2 is 2.00 bits per heavy atom. The standard InChI is InChI=1S/C22H19FN4O2/c1-27(13-20-25-17-6-3-4-7-18(17)26-20)22(28)15-10-14(11-16(23)12-15)21-19(29-2)8-5-9-24-21/h3-12H,13H2,1-2H3,(H,25,26). The van der Waals surface area contributed by atoms with Gasteiger partial charge in [-0.25, -0.2) is 9.37 Å². The molecule has 146 valence electrons. The minimum Gasteiger partial charge on any atom is -0.494 e. The van der Waals surface area contributed by atoms with E-state index in [1.165, 1.54) is 24.1 Å². The van der Waals surface area contributed by atoms with E-state index in [-0.39, 0.29) is 18.0 Å². The zero-order valence-corrected chi connectivity index (χ0v) is 16.0. The van der Waals surface area contributed by atoms with Crippen LogP contribution in [0.2, 0.25) is 0 Å². The van der Waals surface area contributed by atoms with Gasteiger partial charge in [0.05, 0.1) is 24.7 Å². The summed E-state index contributed by atoms with van der Waals surface area (Å²) in [6.45, 7) is 0.270. The lowest BCUT2D eigenvalue weighted by atomic mass is 10.1. The molecule has 0 spiro atoms. The molecule has 0 atom stereocenters. The molecule has 0 aliphatic carbocycles. The highest BCUT2D eigenvalue weighted by atomic mass is 19.1. The monoisotopic (exact) mass is 390 g/mol. The summed E-state index contributed by atoms with van der Waals surface area (Å²) in [6.07, 6.45) is 1.60. The molecule has 29 heavy (non-hydrogen) atoms. The number of aromatic nitrogens is 3. The van der Waals surface area contributed by atoms with Crippen molar-refractivity contribution in [3.8, 4) is 17.0 Å². The highest BCUT2D eigenvalue weighted by Gasteiger charge is 2.17. The maximum atomic E-state index is 14.3. The van der Waals surface area contributed by atoms with Crippen LogP contribution in [0.3, 0.4) is 0 Å². The van der Waals surface area contributed by atoms with Gasteiger partial charge in [0.15, 0.2) is 0 Å². The number of rotatable bonds is 5. The third-order valence-corrected chi connectivity index (χ3v) is 4.58. The number of carbonyl (C=O) groups is 1. The number of nitrogens with one attached hydrogen (secondary N) is 1. The molecule has 2 heterocycles. The zero-order chi connectivity index (χ0) is 20.4. The van der Waals surface area contributed by atoms with Gasteiger partial charge in [0.1, 0.15) is 23.1 Å². The van der Waals surface area contributed by atoms with Gasteiger partial charge in [-0.15, -0.1) is 0 Å². The number of halogens is 1. The summed E-state index contributed by atoms with van der Waals surface area (Å²) in [7, 11) is 3.18. The summed E-state index contributed by atoms with van der Waals surface area (Å²) in [5.74, 6) is 0.328. The Labute approximate surface area is 167 Å². The number of fused-ring (bicyclic) bond motifs is 1. The highest BCUT2D eigenvalue weighted by Crippen LogP contribution is 2.29. The summed E-state index contributed by atoms with van der Waals surface area (Å²) in [6, 6.07) is 15.3. The van der Waals surface area contributed by atoms with Gasteiger partial charge in [0, 0.05) is 24.4 Å². The molecule has 4 rings (SSSR count). The number of methoxy groups -OCH3 is 1. The number of H-pyrrole nitrogens is 1. The van der Waals surface area contributed by atoms with Crippen LogP contribution in [0.25, 0.3) is 22.3 Å². The molecule has 0 bridgehead atoms. The summed E-state index contributed by atoms with van der Waals surface area (Å²) in [5.41, 5.74) is 2.91. The molecule has 0 saturated carbocycles. The highest BCUT2D eigenvalue weighted by molar-refractivity contribution is 5.95. The zero-order valence-electron chi connectivity index (χ0n) is 16.0. The number of hydrogen-bond donors (Lipinski definition) is 1. The maximum Gasteiger partial charge on any atom is 0.254 e.